The lowest BCUT2D eigenvalue weighted by molar-refractivity contribution is 0.708. The molecule has 0 aromatic carbocycles. The monoisotopic (exact) mass is 177 g/mol. The van der Waals surface area contributed by atoms with Crippen LogP contribution in [0, 0.1) is 6.92 Å². The first-order chi connectivity index (χ1) is 4.52. The Morgan fingerprint density at radius 1 is 1.50 bits per heavy atom. The maximum absolute atomic E-state index is 6.28. The second-order valence-corrected chi connectivity index (χ2v) is 10.2. The number of halogens is 1. The van der Waals surface area contributed by atoms with Crippen molar-refractivity contribution in [2.24, 2.45) is 0 Å². The molecule has 0 aromatic heterocycles. The van der Waals surface area contributed by atoms with E-state index in [0.29, 0.717) is 5.54 Å². The molecule has 0 spiro atoms. The van der Waals surface area contributed by atoms with Gasteiger partial charge in [-0.25, -0.2) is 0 Å². The number of hydrogen-bond donors (Lipinski definition) is 0. The first kappa shape index (κ1) is 10.5. The first-order valence-corrected chi connectivity index (χ1v) is 8.09. The Hall–Kier alpha value is 0.507. The van der Waals surface area contributed by atoms with Gasteiger partial charge >= 0.3 is 0 Å². The van der Waals surface area contributed by atoms with Crippen LogP contribution in [0.15, 0.2) is 0 Å². The quantitative estimate of drug-likeness (QED) is 0.453. The Labute approximate surface area is 70.7 Å². The molecule has 2 heteroatoms. The van der Waals surface area contributed by atoms with Crippen molar-refractivity contribution in [1.29, 1.82) is 0 Å². The summed E-state index contributed by atoms with van der Waals surface area (Å²) in [5.74, 6) is 0. The molecule has 0 aliphatic rings. The molecular weight excluding hydrogens is 160 g/mol. The standard InChI is InChI=1S/C8H18ClSi/c1-5-7-8(6-2)10(3,4)9/h8H,2,5-7H2,1,3-4H3. The van der Waals surface area contributed by atoms with E-state index in [2.05, 4.69) is 26.9 Å². The van der Waals surface area contributed by atoms with Crippen LogP contribution in [-0.4, -0.2) is 7.38 Å². The Morgan fingerprint density at radius 2 is 2.00 bits per heavy atom. The Bertz CT molecular complexity index is 85.7. The summed E-state index contributed by atoms with van der Waals surface area (Å²) in [5, 5.41) is 0. The highest BCUT2D eigenvalue weighted by Crippen LogP contribution is 2.32. The lowest BCUT2D eigenvalue weighted by Crippen LogP contribution is -2.24. The summed E-state index contributed by atoms with van der Waals surface area (Å²) in [5.41, 5.74) is 0.708. The molecule has 0 bridgehead atoms. The average molecular weight is 178 g/mol. The highest BCUT2D eigenvalue weighted by Gasteiger charge is 2.27. The van der Waals surface area contributed by atoms with Crippen molar-refractivity contribution in [2.45, 2.75) is 44.8 Å². The van der Waals surface area contributed by atoms with Crippen LogP contribution in [-0.2, 0) is 0 Å². The lowest BCUT2D eigenvalue weighted by Gasteiger charge is -2.24. The third-order valence-electron chi connectivity index (χ3n) is 1.96. The minimum atomic E-state index is -1.40. The summed E-state index contributed by atoms with van der Waals surface area (Å²) in [6.07, 6.45) is 3.51. The third kappa shape index (κ3) is 3.62. The van der Waals surface area contributed by atoms with Gasteiger partial charge in [0.1, 0.15) is 0 Å². The van der Waals surface area contributed by atoms with Crippen LogP contribution in [0.1, 0.15) is 26.2 Å². The smallest absolute Gasteiger partial charge is 0.153 e. The van der Waals surface area contributed by atoms with Crippen molar-refractivity contribution in [3.05, 3.63) is 6.92 Å². The van der Waals surface area contributed by atoms with Crippen LogP contribution in [0.2, 0.25) is 18.6 Å². The molecule has 0 aliphatic carbocycles. The Morgan fingerprint density at radius 3 is 2.10 bits per heavy atom. The molecule has 1 atom stereocenters. The maximum Gasteiger partial charge on any atom is 0.153 e. The molecule has 0 rings (SSSR count). The van der Waals surface area contributed by atoms with E-state index >= 15 is 0 Å². The fraction of sp³-hybridized carbons (Fsp3) is 0.875. The summed E-state index contributed by atoms with van der Waals surface area (Å²) < 4.78 is 0. The average Bonchev–Trinajstić information content (AvgIpc) is 1.80. The van der Waals surface area contributed by atoms with Gasteiger partial charge < -0.3 is 0 Å². The highest BCUT2D eigenvalue weighted by atomic mass is 35.6. The van der Waals surface area contributed by atoms with Crippen molar-refractivity contribution >= 4 is 18.5 Å². The summed E-state index contributed by atoms with van der Waals surface area (Å²) in [6, 6.07) is 0. The van der Waals surface area contributed by atoms with Crippen molar-refractivity contribution in [2.75, 3.05) is 0 Å². The van der Waals surface area contributed by atoms with Crippen molar-refractivity contribution in [3.8, 4) is 0 Å². The van der Waals surface area contributed by atoms with E-state index in [0.717, 1.165) is 6.42 Å². The topological polar surface area (TPSA) is 0 Å². The molecule has 10 heavy (non-hydrogen) atoms. The van der Waals surface area contributed by atoms with E-state index in [9.17, 15) is 0 Å². The third-order valence-corrected chi connectivity index (χ3v) is 5.40. The SMILES string of the molecule is [CH2]CC(CCC)[Si](C)(C)Cl. The number of hydrogen-bond acceptors (Lipinski definition) is 0. The molecule has 0 fully saturated rings. The van der Waals surface area contributed by atoms with Gasteiger partial charge in [-0.2, -0.15) is 11.1 Å². The second kappa shape index (κ2) is 4.40. The summed E-state index contributed by atoms with van der Waals surface area (Å²) in [6.45, 7) is 10.5. The zero-order chi connectivity index (χ0) is 8.20. The van der Waals surface area contributed by atoms with Crippen LogP contribution in [0.4, 0.5) is 0 Å². The first-order valence-electron chi connectivity index (χ1n) is 4.00. The molecule has 0 amide bonds. The molecule has 0 heterocycles. The largest absolute Gasteiger partial charge is 0.167 e. The summed E-state index contributed by atoms with van der Waals surface area (Å²) >= 11 is 6.28. The molecule has 0 N–H and O–H groups in total. The van der Waals surface area contributed by atoms with Crippen LogP contribution >= 0.6 is 11.1 Å². The molecule has 1 unspecified atom stereocenters. The van der Waals surface area contributed by atoms with E-state index in [-0.39, 0.29) is 0 Å². The van der Waals surface area contributed by atoms with Gasteiger partial charge in [0.15, 0.2) is 7.38 Å². The minimum Gasteiger partial charge on any atom is -0.167 e. The molecule has 0 aliphatic heterocycles. The lowest BCUT2D eigenvalue weighted by atomic mass is 10.2. The minimum absolute atomic E-state index is 0.708. The molecule has 0 aromatic rings. The molecule has 0 saturated heterocycles. The van der Waals surface area contributed by atoms with E-state index < -0.39 is 7.38 Å². The van der Waals surface area contributed by atoms with Gasteiger partial charge in [-0.15, -0.1) is 0 Å². The Balaban J connectivity index is 3.81. The molecular formula is C8H18ClSi. The van der Waals surface area contributed by atoms with Gasteiger partial charge in [0.05, 0.1) is 0 Å². The summed E-state index contributed by atoms with van der Waals surface area (Å²) in [7, 11) is -1.40. The predicted octanol–water partition coefficient (Wildman–Crippen LogP) is 3.82. The normalized spacial score (nSPS) is 15.3. The van der Waals surface area contributed by atoms with Crippen molar-refractivity contribution in [1.82, 2.24) is 0 Å². The van der Waals surface area contributed by atoms with E-state index in [4.69, 9.17) is 11.1 Å². The zero-order valence-electron chi connectivity index (χ0n) is 7.28. The predicted molar refractivity (Wildman–Crippen MR) is 52.0 cm³/mol. The molecule has 1 radical (unpaired) electrons. The molecule has 0 nitrogen and oxygen atoms in total. The number of rotatable bonds is 4. The van der Waals surface area contributed by atoms with Crippen LogP contribution in [0.25, 0.3) is 0 Å². The van der Waals surface area contributed by atoms with Gasteiger partial charge in [-0.05, 0) is 5.54 Å². The molecule has 61 valence electrons. The van der Waals surface area contributed by atoms with Gasteiger partial charge in [0.2, 0.25) is 0 Å². The summed E-state index contributed by atoms with van der Waals surface area (Å²) in [4.78, 5) is 0. The van der Waals surface area contributed by atoms with Gasteiger partial charge in [-0.3, -0.25) is 0 Å². The Kier molecular flexibility index (Phi) is 4.62. The second-order valence-electron chi connectivity index (χ2n) is 3.34. The van der Waals surface area contributed by atoms with Crippen LogP contribution in [0.3, 0.4) is 0 Å². The van der Waals surface area contributed by atoms with E-state index in [1.54, 1.807) is 0 Å². The zero-order valence-corrected chi connectivity index (χ0v) is 9.04. The van der Waals surface area contributed by atoms with Crippen LogP contribution in [0.5, 0.6) is 0 Å². The highest BCUT2D eigenvalue weighted by molar-refractivity contribution is 7.19. The van der Waals surface area contributed by atoms with Gasteiger partial charge in [-0.1, -0.05) is 46.2 Å². The van der Waals surface area contributed by atoms with Gasteiger partial charge in [0.25, 0.3) is 0 Å². The fourth-order valence-corrected chi connectivity index (χ4v) is 3.50. The van der Waals surface area contributed by atoms with E-state index in [1.807, 2.05) is 0 Å². The fourth-order valence-electron chi connectivity index (χ4n) is 1.18. The van der Waals surface area contributed by atoms with Crippen molar-refractivity contribution in [3.63, 3.8) is 0 Å². The molecule has 0 saturated carbocycles. The van der Waals surface area contributed by atoms with Crippen LogP contribution < -0.4 is 0 Å². The maximum atomic E-state index is 6.28. The van der Waals surface area contributed by atoms with Gasteiger partial charge in [0, 0.05) is 0 Å². The van der Waals surface area contributed by atoms with Crippen molar-refractivity contribution < 1.29 is 0 Å². The van der Waals surface area contributed by atoms with E-state index in [1.165, 1.54) is 12.8 Å².